The van der Waals surface area contributed by atoms with E-state index < -0.39 is 6.04 Å². The molecule has 0 saturated heterocycles. The van der Waals surface area contributed by atoms with Crippen LogP contribution in [0.25, 0.3) is 10.8 Å². The van der Waals surface area contributed by atoms with E-state index in [9.17, 15) is 9.59 Å². The number of carbonyl (C=O) groups excluding carboxylic acids is 2. The molecule has 172 valence electrons. The summed E-state index contributed by atoms with van der Waals surface area (Å²) >= 11 is 0. The lowest BCUT2D eigenvalue weighted by Gasteiger charge is -2.30. The summed E-state index contributed by atoms with van der Waals surface area (Å²) in [4.78, 5) is 28.2. The minimum Gasteiger partial charge on any atom is -0.352 e. The zero-order chi connectivity index (χ0) is 23.2. The molecule has 0 spiro atoms. The Bertz CT molecular complexity index is 1090. The molecule has 4 heteroatoms. The standard InChI is InChI=1S/C29H34N2O2/c1-21-14-16-23(17-15-21)20-31(22(2)29(33)30-26-11-4-5-12-26)28(32)19-18-25-10-7-9-24-8-3-6-13-27(24)25/h3,6-10,13-17,22,26H,4-5,11-12,18-20H2,1-2H3,(H,30,33). The number of benzene rings is 3. The first kappa shape index (κ1) is 23.0. The van der Waals surface area contributed by atoms with E-state index in [1.807, 2.05) is 37.3 Å². The molecule has 1 atom stereocenters. The van der Waals surface area contributed by atoms with E-state index in [0.29, 0.717) is 19.4 Å². The van der Waals surface area contributed by atoms with Crippen molar-refractivity contribution in [1.29, 1.82) is 0 Å². The first-order chi connectivity index (χ1) is 16.0. The Morgan fingerprint density at radius 3 is 2.42 bits per heavy atom. The van der Waals surface area contributed by atoms with Gasteiger partial charge in [0.15, 0.2) is 0 Å². The second-order valence-electron chi connectivity index (χ2n) is 9.31. The highest BCUT2D eigenvalue weighted by molar-refractivity contribution is 5.89. The first-order valence-electron chi connectivity index (χ1n) is 12.1. The fourth-order valence-electron chi connectivity index (χ4n) is 4.76. The van der Waals surface area contributed by atoms with Crippen molar-refractivity contribution in [2.24, 2.45) is 0 Å². The Kier molecular flexibility index (Phi) is 7.43. The van der Waals surface area contributed by atoms with Crippen LogP contribution in [0.1, 0.15) is 55.7 Å². The fourth-order valence-corrected chi connectivity index (χ4v) is 4.76. The molecule has 1 aliphatic rings. The third kappa shape index (κ3) is 5.81. The van der Waals surface area contributed by atoms with E-state index in [2.05, 4.69) is 48.6 Å². The van der Waals surface area contributed by atoms with Crippen molar-refractivity contribution in [3.8, 4) is 0 Å². The average Bonchev–Trinajstić information content (AvgIpc) is 3.34. The minimum absolute atomic E-state index is 0.0116. The van der Waals surface area contributed by atoms with Crippen molar-refractivity contribution in [2.75, 3.05) is 0 Å². The van der Waals surface area contributed by atoms with E-state index in [-0.39, 0.29) is 17.9 Å². The average molecular weight is 443 g/mol. The predicted molar refractivity (Wildman–Crippen MR) is 134 cm³/mol. The Balaban J connectivity index is 1.50. The summed E-state index contributed by atoms with van der Waals surface area (Å²) in [6.45, 7) is 4.34. The number of carbonyl (C=O) groups is 2. The molecule has 3 aromatic rings. The van der Waals surface area contributed by atoms with Gasteiger partial charge in [-0.25, -0.2) is 0 Å². The molecule has 1 fully saturated rings. The third-order valence-corrected chi connectivity index (χ3v) is 6.83. The van der Waals surface area contributed by atoms with Crippen LogP contribution in [0.15, 0.2) is 66.7 Å². The third-order valence-electron chi connectivity index (χ3n) is 6.83. The van der Waals surface area contributed by atoms with Crippen LogP contribution in [-0.4, -0.2) is 28.8 Å². The number of rotatable bonds is 8. The fraction of sp³-hybridized carbons (Fsp3) is 0.379. The van der Waals surface area contributed by atoms with Gasteiger partial charge in [0.2, 0.25) is 11.8 Å². The van der Waals surface area contributed by atoms with Crippen LogP contribution >= 0.6 is 0 Å². The van der Waals surface area contributed by atoms with E-state index >= 15 is 0 Å². The van der Waals surface area contributed by atoms with E-state index in [1.54, 1.807) is 4.90 Å². The van der Waals surface area contributed by atoms with Crippen LogP contribution in [-0.2, 0) is 22.6 Å². The number of aryl methyl sites for hydroxylation is 2. The van der Waals surface area contributed by atoms with Gasteiger partial charge in [0.1, 0.15) is 6.04 Å². The van der Waals surface area contributed by atoms with Gasteiger partial charge in [0, 0.05) is 19.0 Å². The van der Waals surface area contributed by atoms with Crippen LogP contribution in [0.5, 0.6) is 0 Å². The predicted octanol–water partition coefficient (Wildman–Crippen LogP) is 5.56. The molecule has 0 bridgehead atoms. The normalized spacial score (nSPS) is 14.8. The summed E-state index contributed by atoms with van der Waals surface area (Å²) < 4.78 is 0. The molecule has 1 unspecified atom stereocenters. The molecule has 0 aliphatic heterocycles. The number of hydrogen-bond donors (Lipinski definition) is 1. The summed E-state index contributed by atoms with van der Waals surface area (Å²) in [5.41, 5.74) is 3.39. The molecule has 2 amide bonds. The summed E-state index contributed by atoms with van der Waals surface area (Å²) in [5.74, 6) is -0.0369. The topological polar surface area (TPSA) is 49.4 Å². The second kappa shape index (κ2) is 10.7. The molecule has 1 aliphatic carbocycles. The van der Waals surface area contributed by atoms with Crippen LogP contribution in [0.4, 0.5) is 0 Å². The van der Waals surface area contributed by atoms with E-state index in [1.165, 1.54) is 21.9 Å². The maximum Gasteiger partial charge on any atom is 0.242 e. The van der Waals surface area contributed by atoms with Crippen LogP contribution < -0.4 is 5.32 Å². The Labute approximate surface area is 197 Å². The number of hydrogen-bond acceptors (Lipinski definition) is 2. The van der Waals surface area contributed by atoms with Crippen molar-refractivity contribution >= 4 is 22.6 Å². The van der Waals surface area contributed by atoms with Crippen molar-refractivity contribution in [1.82, 2.24) is 10.2 Å². The maximum absolute atomic E-state index is 13.5. The van der Waals surface area contributed by atoms with Gasteiger partial charge < -0.3 is 10.2 Å². The molecule has 0 radical (unpaired) electrons. The van der Waals surface area contributed by atoms with Gasteiger partial charge in [-0.1, -0.05) is 85.1 Å². The Morgan fingerprint density at radius 2 is 1.67 bits per heavy atom. The largest absolute Gasteiger partial charge is 0.352 e. The number of nitrogens with one attached hydrogen (secondary N) is 1. The lowest BCUT2D eigenvalue weighted by atomic mass is 10.0. The SMILES string of the molecule is Cc1ccc(CN(C(=O)CCc2cccc3ccccc23)C(C)C(=O)NC2CCCC2)cc1. The molecule has 1 saturated carbocycles. The number of fused-ring (bicyclic) bond motifs is 1. The van der Waals surface area contributed by atoms with Gasteiger partial charge in [-0.2, -0.15) is 0 Å². The Hall–Kier alpha value is -3.14. The summed E-state index contributed by atoms with van der Waals surface area (Å²) in [5, 5.41) is 5.54. The van der Waals surface area contributed by atoms with Crippen molar-refractivity contribution in [2.45, 2.75) is 71.0 Å². The summed E-state index contributed by atoms with van der Waals surface area (Å²) in [7, 11) is 0. The van der Waals surface area contributed by atoms with Gasteiger partial charge >= 0.3 is 0 Å². The lowest BCUT2D eigenvalue weighted by Crippen LogP contribution is -2.49. The highest BCUT2D eigenvalue weighted by atomic mass is 16.2. The highest BCUT2D eigenvalue weighted by Crippen LogP contribution is 2.22. The molecular formula is C29H34N2O2. The monoisotopic (exact) mass is 442 g/mol. The van der Waals surface area contributed by atoms with Gasteiger partial charge in [0.05, 0.1) is 0 Å². The molecule has 4 rings (SSSR count). The molecule has 4 nitrogen and oxygen atoms in total. The van der Waals surface area contributed by atoms with E-state index in [4.69, 9.17) is 0 Å². The first-order valence-corrected chi connectivity index (χ1v) is 12.1. The quantitative estimate of drug-likeness (QED) is 0.497. The van der Waals surface area contributed by atoms with Crippen LogP contribution in [0, 0.1) is 6.92 Å². The van der Waals surface area contributed by atoms with Crippen molar-refractivity contribution in [3.63, 3.8) is 0 Å². The zero-order valence-corrected chi connectivity index (χ0v) is 19.7. The molecule has 33 heavy (non-hydrogen) atoms. The number of nitrogens with zero attached hydrogens (tertiary/aromatic N) is 1. The Morgan fingerprint density at radius 1 is 0.970 bits per heavy atom. The van der Waals surface area contributed by atoms with Gasteiger partial charge in [-0.05, 0) is 55.0 Å². The summed E-state index contributed by atoms with van der Waals surface area (Å²) in [6.07, 6.45) is 5.42. The molecule has 0 heterocycles. The highest BCUT2D eigenvalue weighted by Gasteiger charge is 2.28. The van der Waals surface area contributed by atoms with Crippen LogP contribution in [0.2, 0.25) is 0 Å². The minimum atomic E-state index is -0.507. The molecule has 3 aromatic carbocycles. The molecule has 0 aromatic heterocycles. The maximum atomic E-state index is 13.5. The smallest absolute Gasteiger partial charge is 0.242 e. The van der Waals surface area contributed by atoms with Crippen LogP contribution in [0.3, 0.4) is 0 Å². The van der Waals surface area contributed by atoms with Crippen molar-refractivity contribution < 1.29 is 9.59 Å². The van der Waals surface area contributed by atoms with E-state index in [0.717, 1.165) is 31.2 Å². The van der Waals surface area contributed by atoms with Crippen molar-refractivity contribution in [3.05, 3.63) is 83.4 Å². The molecular weight excluding hydrogens is 408 g/mol. The molecule has 1 N–H and O–H groups in total. The van der Waals surface area contributed by atoms with Gasteiger partial charge in [0.25, 0.3) is 0 Å². The summed E-state index contributed by atoms with van der Waals surface area (Å²) in [6, 6.07) is 22.4. The van der Waals surface area contributed by atoms with Gasteiger partial charge in [-0.3, -0.25) is 9.59 Å². The van der Waals surface area contributed by atoms with Gasteiger partial charge in [-0.15, -0.1) is 0 Å². The zero-order valence-electron chi connectivity index (χ0n) is 19.7. The number of amides is 2. The second-order valence-corrected chi connectivity index (χ2v) is 9.31. The lowest BCUT2D eigenvalue weighted by molar-refractivity contribution is -0.140.